The molecule has 1 heterocycles. The number of benzene rings is 2. The second-order valence-electron chi connectivity index (χ2n) is 6.02. The van der Waals surface area contributed by atoms with Gasteiger partial charge in [0.25, 0.3) is 5.91 Å². The summed E-state index contributed by atoms with van der Waals surface area (Å²) in [4.78, 5) is 27.0. The van der Waals surface area contributed by atoms with E-state index >= 15 is 0 Å². The van der Waals surface area contributed by atoms with Gasteiger partial charge >= 0.3 is 0 Å². The molecule has 0 saturated heterocycles. The Labute approximate surface area is 171 Å². The molecule has 0 aliphatic rings. The molecule has 0 aliphatic carbocycles. The number of thiazole rings is 1. The summed E-state index contributed by atoms with van der Waals surface area (Å²) in [6.07, 6.45) is 2.44. The molecule has 148 valence electrons. The second kappa shape index (κ2) is 9.61. The number of carbonyl (C=O) groups excluding carboxylic acids is 2. The van der Waals surface area contributed by atoms with Gasteiger partial charge in [-0.2, -0.15) is 5.10 Å². The lowest BCUT2D eigenvalue weighted by molar-refractivity contribution is -0.307. The largest absolute Gasteiger partial charge is 0.546 e. The van der Waals surface area contributed by atoms with E-state index < -0.39 is 18.5 Å². The maximum absolute atomic E-state index is 12.2. The number of nitrogens with one attached hydrogen (secondary N) is 1. The fourth-order valence-electron chi connectivity index (χ4n) is 2.41. The maximum Gasteiger partial charge on any atom is 0.290 e. The molecule has 2 aromatic carbocycles. The molecule has 3 rings (SSSR count). The molecule has 1 amide bonds. The molecule has 0 unspecified atom stereocenters. The third kappa shape index (κ3) is 5.73. The number of aromatic nitrogens is 1. The Morgan fingerprint density at radius 1 is 1.17 bits per heavy atom. The minimum atomic E-state index is -1.29. The number of amides is 1. The van der Waals surface area contributed by atoms with Gasteiger partial charge in [0.2, 0.25) is 0 Å². The van der Waals surface area contributed by atoms with Crippen molar-refractivity contribution in [3.05, 3.63) is 70.7 Å². The van der Waals surface area contributed by atoms with Gasteiger partial charge in [0.1, 0.15) is 23.1 Å². The van der Waals surface area contributed by atoms with Crippen molar-refractivity contribution in [3.63, 3.8) is 0 Å². The van der Waals surface area contributed by atoms with Gasteiger partial charge in [-0.05, 0) is 41.8 Å². The second-order valence-corrected chi connectivity index (χ2v) is 6.88. The quantitative estimate of drug-likeness (QED) is 0.455. The van der Waals surface area contributed by atoms with E-state index in [1.807, 2.05) is 12.1 Å². The fourth-order valence-corrected chi connectivity index (χ4v) is 3.21. The number of carboxylic acids is 1. The molecule has 0 atom stereocenters. The van der Waals surface area contributed by atoms with Crippen molar-refractivity contribution in [2.75, 3.05) is 6.61 Å². The zero-order valence-electron chi connectivity index (χ0n) is 15.6. The Morgan fingerprint density at radius 3 is 2.55 bits per heavy atom. The van der Waals surface area contributed by atoms with Crippen molar-refractivity contribution in [2.45, 2.75) is 13.3 Å². The predicted molar refractivity (Wildman–Crippen MR) is 109 cm³/mol. The number of hydrogen-bond acceptors (Lipinski definition) is 7. The Kier molecular flexibility index (Phi) is 6.70. The summed E-state index contributed by atoms with van der Waals surface area (Å²) >= 11 is 1.40. The molecular formula is C21H18N3O4S-. The van der Waals surface area contributed by atoms with Gasteiger partial charge in [0.05, 0.1) is 12.2 Å². The first-order chi connectivity index (χ1) is 14.0. The first-order valence-corrected chi connectivity index (χ1v) is 9.74. The van der Waals surface area contributed by atoms with Crippen LogP contribution < -0.4 is 15.3 Å². The van der Waals surface area contributed by atoms with Crippen LogP contribution in [0, 0.1) is 0 Å². The highest BCUT2D eigenvalue weighted by Gasteiger charge is 2.11. The summed E-state index contributed by atoms with van der Waals surface area (Å²) in [7, 11) is 0. The lowest BCUT2D eigenvalue weighted by atomic mass is 10.1. The summed E-state index contributed by atoms with van der Waals surface area (Å²) in [6, 6.07) is 14.7. The first kappa shape index (κ1) is 20.2. The molecule has 7 nitrogen and oxygen atoms in total. The van der Waals surface area contributed by atoms with Crippen LogP contribution in [-0.4, -0.2) is 29.7 Å². The minimum Gasteiger partial charge on any atom is -0.546 e. The van der Waals surface area contributed by atoms with Crippen molar-refractivity contribution >= 4 is 29.4 Å². The van der Waals surface area contributed by atoms with Crippen LogP contribution in [-0.2, 0) is 11.2 Å². The number of nitrogens with zero attached hydrogens (tertiary/aromatic N) is 2. The normalized spacial score (nSPS) is 10.8. The first-order valence-electron chi connectivity index (χ1n) is 8.86. The summed E-state index contributed by atoms with van der Waals surface area (Å²) in [6.45, 7) is 1.59. The van der Waals surface area contributed by atoms with E-state index in [0.29, 0.717) is 17.0 Å². The van der Waals surface area contributed by atoms with Gasteiger partial charge in [0.15, 0.2) is 0 Å². The average Bonchev–Trinajstić information content (AvgIpc) is 3.23. The summed E-state index contributed by atoms with van der Waals surface area (Å²) < 4.78 is 4.99. The molecule has 0 radical (unpaired) electrons. The molecule has 29 heavy (non-hydrogen) atoms. The molecule has 0 aliphatic heterocycles. The van der Waals surface area contributed by atoms with Crippen LogP contribution in [0.1, 0.15) is 28.5 Å². The van der Waals surface area contributed by atoms with Gasteiger partial charge in [-0.3, -0.25) is 4.79 Å². The van der Waals surface area contributed by atoms with Crippen LogP contribution in [0.25, 0.3) is 10.6 Å². The summed E-state index contributed by atoms with van der Waals surface area (Å²) in [5.41, 5.74) is 5.67. The number of hydrazone groups is 1. The predicted octanol–water partition coefficient (Wildman–Crippen LogP) is 2.27. The summed E-state index contributed by atoms with van der Waals surface area (Å²) in [5, 5.41) is 16.8. The van der Waals surface area contributed by atoms with Gasteiger partial charge < -0.3 is 14.6 Å². The van der Waals surface area contributed by atoms with E-state index in [1.165, 1.54) is 23.1 Å². The van der Waals surface area contributed by atoms with Crippen molar-refractivity contribution in [2.24, 2.45) is 5.10 Å². The third-order valence-corrected chi connectivity index (χ3v) is 4.85. The van der Waals surface area contributed by atoms with E-state index in [1.54, 1.807) is 29.6 Å². The number of hydrogen-bond donors (Lipinski definition) is 1. The SMILES string of the molecule is CCc1ccc(-c2nc(C(=O)N/N=C\c3ccc(OCC(=O)[O-])cc3)cs2)cc1. The molecule has 8 heteroatoms. The monoisotopic (exact) mass is 408 g/mol. The number of ether oxygens (including phenoxy) is 1. The standard InChI is InChI=1S/C21H19N3O4S/c1-2-14-3-7-16(8-4-14)21-23-18(13-29-21)20(27)24-22-11-15-5-9-17(10-6-15)28-12-19(25)26/h3-11,13H,2,12H2,1H3,(H,24,27)(H,25,26)/p-1/b22-11-. The molecular weight excluding hydrogens is 390 g/mol. The Balaban J connectivity index is 1.56. The zero-order valence-corrected chi connectivity index (χ0v) is 16.4. The van der Waals surface area contributed by atoms with Crippen LogP contribution in [0.5, 0.6) is 5.75 Å². The molecule has 1 N–H and O–H groups in total. The van der Waals surface area contributed by atoms with Gasteiger partial charge in [-0.25, -0.2) is 10.4 Å². The highest BCUT2D eigenvalue weighted by molar-refractivity contribution is 7.13. The number of aryl methyl sites for hydroxylation is 1. The fraction of sp³-hybridized carbons (Fsp3) is 0.143. The van der Waals surface area contributed by atoms with Gasteiger partial charge in [-0.15, -0.1) is 11.3 Å². The molecule has 0 bridgehead atoms. The average molecular weight is 408 g/mol. The van der Waals surface area contributed by atoms with Crippen molar-refractivity contribution in [1.29, 1.82) is 0 Å². The number of aliphatic carboxylic acids is 1. The van der Waals surface area contributed by atoms with E-state index in [9.17, 15) is 14.7 Å². The highest BCUT2D eigenvalue weighted by atomic mass is 32.1. The van der Waals surface area contributed by atoms with Crippen LogP contribution in [0.3, 0.4) is 0 Å². The molecule has 0 spiro atoms. The van der Waals surface area contributed by atoms with Gasteiger partial charge in [0, 0.05) is 10.9 Å². The topological polar surface area (TPSA) is 104 Å². The third-order valence-electron chi connectivity index (χ3n) is 3.96. The van der Waals surface area contributed by atoms with Crippen LogP contribution in [0.2, 0.25) is 0 Å². The van der Waals surface area contributed by atoms with Crippen molar-refractivity contribution in [3.8, 4) is 16.3 Å². The van der Waals surface area contributed by atoms with E-state index in [4.69, 9.17) is 4.74 Å². The smallest absolute Gasteiger partial charge is 0.290 e. The van der Waals surface area contributed by atoms with Crippen LogP contribution in [0.4, 0.5) is 0 Å². The maximum atomic E-state index is 12.2. The highest BCUT2D eigenvalue weighted by Crippen LogP contribution is 2.24. The minimum absolute atomic E-state index is 0.299. The number of rotatable bonds is 8. The van der Waals surface area contributed by atoms with E-state index in [-0.39, 0.29) is 0 Å². The summed E-state index contributed by atoms with van der Waals surface area (Å²) in [5.74, 6) is -1.29. The molecule has 0 saturated carbocycles. The Bertz CT molecular complexity index is 1010. The van der Waals surface area contributed by atoms with E-state index in [0.717, 1.165) is 17.0 Å². The lowest BCUT2D eigenvalue weighted by Gasteiger charge is -2.06. The Hall–Kier alpha value is -3.52. The molecule has 1 aromatic heterocycles. The number of carboxylic acid groups (broad SMARTS) is 1. The number of carbonyl (C=O) groups is 2. The van der Waals surface area contributed by atoms with Crippen LogP contribution >= 0.6 is 11.3 Å². The zero-order chi connectivity index (χ0) is 20.6. The lowest BCUT2D eigenvalue weighted by Crippen LogP contribution is -2.28. The van der Waals surface area contributed by atoms with Crippen molar-refractivity contribution < 1.29 is 19.4 Å². The van der Waals surface area contributed by atoms with Crippen LogP contribution in [0.15, 0.2) is 59.0 Å². The molecule has 0 fully saturated rings. The molecule has 3 aromatic rings. The van der Waals surface area contributed by atoms with Gasteiger partial charge in [-0.1, -0.05) is 31.2 Å². The Morgan fingerprint density at radius 2 is 1.90 bits per heavy atom. The van der Waals surface area contributed by atoms with E-state index in [2.05, 4.69) is 34.6 Å². The van der Waals surface area contributed by atoms with Crippen molar-refractivity contribution in [1.82, 2.24) is 10.4 Å².